The number of ether oxygens (including phenoxy) is 1. The van der Waals surface area contributed by atoms with Crippen molar-refractivity contribution in [2.75, 3.05) is 18.0 Å². The van der Waals surface area contributed by atoms with Crippen molar-refractivity contribution < 1.29 is 4.74 Å². The van der Waals surface area contributed by atoms with Crippen LogP contribution in [0.15, 0.2) is 12.1 Å². The molecule has 0 aromatic carbocycles. The fourth-order valence-corrected chi connectivity index (χ4v) is 2.83. The van der Waals surface area contributed by atoms with E-state index in [2.05, 4.69) is 34.2 Å². The summed E-state index contributed by atoms with van der Waals surface area (Å²) in [5, 5.41) is 0. The van der Waals surface area contributed by atoms with Crippen molar-refractivity contribution in [3.05, 3.63) is 17.6 Å². The summed E-state index contributed by atoms with van der Waals surface area (Å²) in [5.74, 6) is 1.01. The Kier molecular flexibility index (Phi) is 2.72. The molecule has 1 fully saturated rings. The lowest BCUT2D eigenvalue weighted by Gasteiger charge is -2.36. The summed E-state index contributed by atoms with van der Waals surface area (Å²) >= 11 is 1.46. The third-order valence-electron chi connectivity index (χ3n) is 2.88. The Bertz CT molecular complexity index is 517. The molecular weight excluding hydrogens is 234 g/mol. The van der Waals surface area contributed by atoms with Crippen LogP contribution in [0, 0.1) is 5.51 Å². The molecule has 1 aliphatic heterocycles. The summed E-state index contributed by atoms with van der Waals surface area (Å²) in [6.45, 7) is 5.99. The summed E-state index contributed by atoms with van der Waals surface area (Å²) in [7, 11) is 0. The zero-order chi connectivity index (χ0) is 11.8. The van der Waals surface area contributed by atoms with Crippen molar-refractivity contribution in [2.24, 2.45) is 0 Å². The summed E-state index contributed by atoms with van der Waals surface area (Å²) in [6.07, 6.45) is 0.508. The molecule has 0 saturated carbocycles. The highest BCUT2D eigenvalue weighted by molar-refractivity contribution is 7.15. The fraction of sp³-hybridized carbons (Fsp3) is 0.500. The van der Waals surface area contributed by atoms with E-state index in [1.807, 2.05) is 12.1 Å². The molecule has 0 bridgehead atoms. The maximum absolute atomic E-state index is 5.72. The molecule has 0 amide bonds. The van der Waals surface area contributed by atoms with Gasteiger partial charge < -0.3 is 9.64 Å². The fourth-order valence-electron chi connectivity index (χ4n) is 2.24. The average molecular weight is 248 g/mol. The first-order valence-corrected chi connectivity index (χ1v) is 6.58. The Morgan fingerprint density at radius 2 is 2.12 bits per heavy atom. The Labute approximate surface area is 104 Å². The van der Waals surface area contributed by atoms with E-state index in [1.54, 1.807) is 0 Å². The molecule has 1 radical (unpaired) electrons. The molecule has 3 heterocycles. The molecule has 2 aromatic heterocycles. The molecule has 1 aliphatic rings. The second kappa shape index (κ2) is 4.23. The Morgan fingerprint density at radius 1 is 1.35 bits per heavy atom. The van der Waals surface area contributed by atoms with Crippen LogP contribution < -0.4 is 4.90 Å². The Hall–Kier alpha value is -1.20. The predicted molar refractivity (Wildman–Crippen MR) is 68.5 cm³/mol. The van der Waals surface area contributed by atoms with Crippen LogP contribution in [0.5, 0.6) is 0 Å². The number of nitrogens with zero attached hydrogens (tertiary/aromatic N) is 3. The maximum atomic E-state index is 5.72. The molecule has 0 spiro atoms. The van der Waals surface area contributed by atoms with Crippen molar-refractivity contribution in [3.8, 4) is 0 Å². The summed E-state index contributed by atoms with van der Waals surface area (Å²) < 4.78 is 5.72. The van der Waals surface area contributed by atoms with Crippen molar-refractivity contribution in [2.45, 2.75) is 26.1 Å². The zero-order valence-electron chi connectivity index (χ0n) is 9.88. The minimum absolute atomic E-state index is 0.254. The molecule has 0 aliphatic carbocycles. The standard InChI is InChI=1S/C12H14N3OS/c1-8-5-15(6-9(2)16-8)11-4-3-10-12(14-11)17-7-13-10/h3-4,8-9H,5-6H2,1-2H3. The number of aromatic nitrogens is 2. The number of hydrogen-bond donors (Lipinski definition) is 0. The zero-order valence-corrected chi connectivity index (χ0v) is 10.7. The van der Waals surface area contributed by atoms with Crippen LogP contribution in [0.3, 0.4) is 0 Å². The van der Waals surface area contributed by atoms with E-state index in [0.29, 0.717) is 0 Å². The monoisotopic (exact) mass is 248 g/mol. The quantitative estimate of drug-likeness (QED) is 0.774. The SMILES string of the molecule is CC1CN(c2ccc3n[c]sc3n2)CC(C)O1. The lowest BCUT2D eigenvalue weighted by atomic mass is 10.2. The van der Waals surface area contributed by atoms with Crippen LogP contribution >= 0.6 is 11.3 Å². The van der Waals surface area contributed by atoms with Gasteiger partial charge in [-0.3, -0.25) is 0 Å². The molecule has 1 saturated heterocycles. The number of morpholine rings is 1. The molecule has 0 N–H and O–H groups in total. The van der Waals surface area contributed by atoms with Gasteiger partial charge in [-0.1, -0.05) is 11.3 Å². The van der Waals surface area contributed by atoms with Gasteiger partial charge in [-0.25, -0.2) is 9.97 Å². The van der Waals surface area contributed by atoms with E-state index in [-0.39, 0.29) is 12.2 Å². The summed E-state index contributed by atoms with van der Waals surface area (Å²) in [6, 6.07) is 4.04. The van der Waals surface area contributed by atoms with Gasteiger partial charge >= 0.3 is 0 Å². The molecule has 2 atom stereocenters. The number of thiazole rings is 1. The summed E-state index contributed by atoms with van der Waals surface area (Å²) in [4.78, 5) is 12.0. The van der Waals surface area contributed by atoms with Crippen LogP contribution in [0.1, 0.15) is 13.8 Å². The topological polar surface area (TPSA) is 38.2 Å². The Morgan fingerprint density at radius 3 is 2.88 bits per heavy atom. The van der Waals surface area contributed by atoms with Crippen molar-refractivity contribution in [3.63, 3.8) is 0 Å². The van der Waals surface area contributed by atoms with Gasteiger partial charge in [-0.15, -0.1) is 0 Å². The molecular formula is C12H14N3OS. The lowest BCUT2D eigenvalue weighted by Crippen LogP contribution is -2.45. The van der Waals surface area contributed by atoms with Gasteiger partial charge in [0.25, 0.3) is 0 Å². The summed E-state index contributed by atoms with van der Waals surface area (Å²) in [5.41, 5.74) is 3.80. The normalized spacial score (nSPS) is 25.4. The van der Waals surface area contributed by atoms with Gasteiger partial charge in [-0.2, -0.15) is 0 Å². The number of rotatable bonds is 1. The minimum Gasteiger partial charge on any atom is -0.372 e. The van der Waals surface area contributed by atoms with E-state index in [1.165, 1.54) is 11.3 Å². The molecule has 2 unspecified atom stereocenters. The van der Waals surface area contributed by atoms with E-state index < -0.39 is 0 Å². The minimum atomic E-state index is 0.254. The third-order valence-corrected chi connectivity index (χ3v) is 3.55. The highest BCUT2D eigenvalue weighted by Crippen LogP contribution is 2.22. The molecule has 17 heavy (non-hydrogen) atoms. The van der Waals surface area contributed by atoms with Crippen LogP contribution in [0.2, 0.25) is 0 Å². The molecule has 3 rings (SSSR count). The molecule has 4 nitrogen and oxygen atoms in total. The largest absolute Gasteiger partial charge is 0.372 e. The van der Waals surface area contributed by atoms with Crippen molar-refractivity contribution in [1.82, 2.24) is 9.97 Å². The van der Waals surface area contributed by atoms with E-state index in [4.69, 9.17) is 4.74 Å². The van der Waals surface area contributed by atoms with Gasteiger partial charge in [0.1, 0.15) is 16.2 Å². The second-order valence-corrected chi connectivity index (χ2v) is 5.23. The number of fused-ring (bicyclic) bond motifs is 1. The molecule has 5 heteroatoms. The highest BCUT2D eigenvalue weighted by atomic mass is 32.1. The molecule has 2 aromatic rings. The van der Waals surface area contributed by atoms with Gasteiger partial charge in [0, 0.05) is 13.1 Å². The van der Waals surface area contributed by atoms with Crippen LogP contribution in [-0.2, 0) is 4.74 Å². The van der Waals surface area contributed by atoms with E-state index >= 15 is 0 Å². The van der Waals surface area contributed by atoms with Crippen LogP contribution in [-0.4, -0.2) is 35.3 Å². The van der Waals surface area contributed by atoms with Gasteiger partial charge in [0.2, 0.25) is 0 Å². The first-order valence-electron chi connectivity index (χ1n) is 5.76. The Balaban J connectivity index is 1.91. The van der Waals surface area contributed by atoms with Gasteiger partial charge in [0.15, 0.2) is 5.51 Å². The smallest absolute Gasteiger partial charge is 0.155 e. The maximum Gasteiger partial charge on any atom is 0.155 e. The van der Waals surface area contributed by atoms with Gasteiger partial charge in [-0.05, 0) is 26.0 Å². The first kappa shape index (κ1) is 10.9. The van der Waals surface area contributed by atoms with Gasteiger partial charge in [0.05, 0.1) is 12.2 Å². The van der Waals surface area contributed by atoms with Crippen molar-refractivity contribution in [1.29, 1.82) is 0 Å². The highest BCUT2D eigenvalue weighted by Gasteiger charge is 2.23. The van der Waals surface area contributed by atoms with Crippen LogP contribution in [0.25, 0.3) is 10.3 Å². The average Bonchev–Trinajstić information content (AvgIpc) is 2.74. The predicted octanol–water partition coefficient (Wildman–Crippen LogP) is 2.11. The lowest BCUT2D eigenvalue weighted by molar-refractivity contribution is -0.00543. The first-order chi connectivity index (χ1) is 8.22. The van der Waals surface area contributed by atoms with Crippen molar-refractivity contribution >= 4 is 27.5 Å². The van der Waals surface area contributed by atoms with E-state index in [0.717, 1.165) is 29.3 Å². The van der Waals surface area contributed by atoms with Crippen LogP contribution in [0.4, 0.5) is 5.82 Å². The number of pyridine rings is 1. The number of hydrogen-bond acceptors (Lipinski definition) is 5. The second-order valence-electron chi connectivity index (χ2n) is 4.46. The molecule has 89 valence electrons. The number of anilines is 1. The van der Waals surface area contributed by atoms with E-state index in [9.17, 15) is 0 Å². The third kappa shape index (κ3) is 2.12.